The summed E-state index contributed by atoms with van der Waals surface area (Å²) in [5.74, 6) is -4.18. The molecule has 0 aliphatic carbocycles. The smallest absolute Gasteiger partial charge is 0.320 e. The number of phenolic OH excluding ortho intramolecular Hbond substituents is 1. The van der Waals surface area contributed by atoms with Gasteiger partial charge >= 0.3 is 17.3 Å². The number of aromatic hydroxyl groups is 1. The number of aliphatic hydroxyl groups is 1. The van der Waals surface area contributed by atoms with Crippen LogP contribution in [0.2, 0.25) is 0 Å². The fourth-order valence-corrected chi connectivity index (χ4v) is 3.02. The van der Waals surface area contributed by atoms with Crippen molar-refractivity contribution in [1.29, 1.82) is 0 Å². The van der Waals surface area contributed by atoms with Crippen molar-refractivity contribution < 1.29 is 34.9 Å². The second kappa shape index (κ2) is 7.93. The number of aliphatic carboxylic acids is 1. The van der Waals surface area contributed by atoms with Crippen molar-refractivity contribution in [3.63, 3.8) is 0 Å². The predicted molar refractivity (Wildman–Crippen MR) is 80.6 cm³/mol. The minimum atomic E-state index is -2.26. The molecule has 13 heteroatoms. The van der Waals surface area contributed by atoms with Crippen molar-refractivity contribution in [2.45, 2.75) is 18.3 Å². The monoisotopic (exact) mass is 363 g/mol. The third kappa shape index (κ3) is 4.55. The van der Waals surface area contributed by atoms with Crippen LogP contribution in [0.5, 0.6) is 5.75 Å². The van der Waals surface area contributed by atoms with Crippen LogP contribution < -0.4 is 5.73 Å². The highest BCUT2D eigenvalue weighted by Crippen LogP contribution is 2.49. The van der Waals surface area contributed by atoms with Gasteiger partial charge in [-0.25, -0.2) is 0 Å². The lowest BCUT2D eigenvalue weighted by Gasteiger charge is -2.18. The zero-order chi connectivity index (χ0) is 18.6. The molecular formula is C11H14N3O9P. The van der Waals surface area contributed by atoms with Gasteiger partial charge in [0.15, 0.2) is 0 Å². The van der Waals surface area contributed by atoms with E-state index in [-0.39, 0.29) is 18.1 Å². The van der Waals surface area contributed by atoms with E-state index in [9.17, 15) is 40.1 Å². The average molecular weight is 363 g/mol. The number of rotatable bonds is 8. The molecule has 0 spiro atoms. The van der Waals surface area contributed by atoms with E-state index in [4.69, 9.17) is 10.8 Å². The Morgan fingerprint density at radius 2 is 1.71 bits per heavy atom. The number of benzene rings is 1. The van der Waals surface area contributed by atoms with Crippen molar-refractivity contribution in [2.75, 3.05) is 6.16 Å². The van der Waals surface area contributed by atoms with Gasteiger partial charge in [-0.05, 0) is 12.6 Å². The molecule has 0 radical (unpaired) electrons. The topological polar surface area (TPSA) is 210 Å². The number of aliphatic hydroxyl groups excluding tert-OH is 1. The molecule has 0 bridgehead atoms. The van der Waals surface area contributed by atoms with Crippen LogP contribution in [0.15, 0.2) is 12.1 Å². The van der Waals surface area contributed by atoms with Crippen LogP contribution in [-0.4, -0.2) is 48.2 Å². The zero-order valence-corrected chi connectivity index (χ0v) is 12.9. The molecule has 0 saturated heterocycles. The molecule has 12 nitrogen and oxygen atoms in total. The Morgan fingerprint density at radius 3 is 2.08 bits per heavy atom. The molecule has 0 saturated carbocycles. The molecule has 0 amide bonds. The average Bonchev–Trinajstić information content (AvgIpc) is 2.50. The quantitative estimate of drug-likeness (QED) is 0.243. The van der Waals surface area contributed by atoms with E-state index in [0.717, 1.165) is 0 Å². The Morgan fingerprint density at radius 1 is 1.25 bits per heavy atom. The first-order valence-electron chi connectivity index (χ1n) is 6.34. The number of carboxylic acid groups (broad SMARTS) is 1. The number of nitrogens with zero attached hydrogens (tertiary/aromatic N) is 2. The molecule has 0 aliphatic heterocycles. The van der Waals surface area contributed by atoms with Gasteiger partial charge < -0.3 is 25.9 Å². The maximum Gasteiger partial charge on any atom is 0.320 e. The summed E-state index contributed by atoms with van der Waals surface area (Å²) in [6, 6.07) is 0.142. The highest BCUT2D eigenvalue weighted by Gasteiger charge is 2.30. The van der Waals surface area contributed by atoms with Gasteiger partial charge in [-0.15, -0.1) is 0 Å². The standard InChI is InChI=1S/C11H14N3O9P/c12-6(10(16)17)1-2-24(23)11(18)5-3-7(13(19)20)9(15)8(4-5)14(21)22/h3-4,6,11,15,18,23H,1-2,12H2,(H,16,17). The third-order valence-corrected chi connectivity index (χ3v) is 4.63. The number of nitrogens with two attached hydrogens (primary N) is 1. The summed E-state index contributed by atoms with van der Waals surface area (Å²) in [6.45, 7) is 0. The number of phenols is 1. The molecule has 3 atom stereocenters. The van der Waals surface area contributed by atoms with Gasteiger partial charge in [0, 0.05) is 17.7 Å². The van der Waals surface area contributed by atoms with Crippen molar-refractivity contribution >= 4 is 25.5 Å². The lowest BCUT2D eigenvalue weighted by atomic mass is 10.1. The van der Waals surface area contributed by atoms with Crippen LogP contribution >= 0.6 is 8.15 Å². The van der Waals surface area contributed by atoms with E-state index in [1.807, 2.05) is 0 Å². The summed E-state index contributed by atoms with van der Waals surface area (Å²) >= 11 is 0. The van der Waals surface area contributed by atoms with E-state index in [0.29, 0.717) is 12.1 Å². The number of carbonyl (C=O) groups is 1. The van der Waals surface area contributed by atoms with E-state index in [1.165, 1.54) is 0 Å². The van der Waals surface area contributed by atoms with Gasteiger partial charge in [-0.3, -0.25) is 25.0 Å². The van der Waals surface area contributed by atoms with Crippen LogP contribution in [0.1, 0.15) is 17.8 Å². The molecule has 0 aliphatic rings. The van der Waals surface area contributed by atoms with E-state index in [2.05, 4.69) is 0 Å². The van der Waals surface area contributed by atoms with Gasteiger partial charge in [-0.2, -0.15) is 0 Å². The fourth-order valence-electron chi connectivity index (χ4n) is 1.74. The summed E-state index contributed by atoms with van der Waals surface area (Å²) in [5.41, 5.74) is 2.92. The Hall–Kier alpha value is -2.40. The van der Waals surface area contributed by atoms with Crippen LogP contribution in [0.25, 0.3) is 0 Å². The third-order valence-electron chi connectivity index (χ3n) is 3.05. The fraction of sp³-hybridized carbons (Fsp3) is 0.364. The maximum atomic E-state index is 10.8. The SMILES string of the molecule is NC(CCP(O)C(O)c1cc([N+](=O)[O-])c(O)c([N+](=O)[O-])c1)C(=O)O. The van der Waals surface area contributed by atoms with E-state index >= 15 is 0 Å². The van der Waals surface area contributed by atoms with E-state index in [1.54, 1.807) is 0 Å². The summed E-state index contributed by atoms with van der Waals surface area (Å²) < 4.78 is 0. The lowest BCUT2D eigenvalue weighted by Crippen LogP contribution is -2.30. The second-order valence-corrected chi connectivity index (χ2v) is 6.51. The summed E-state index contributed by atoms with van der Waals surface area (Å²) in [4.78, 5) is 40.0. The Kier molecular flexibility index (Phi) is 6.49. The normalized spacial score (nSPS) is 14.6. The minimum Gasteiger partial charge on any atom is -0.497 e. The number of nitro groups is 2. The Bertz CT molecular complexity index is 633. The van der Waals surface area contributed by atoms with Crippen molar-refractivity contribution in [2.24, 2.45) is 5.73 Å². The second-order valence-electron chi connectivity index (χ2n) is 4.69. The van der Waals surface area contributed by atoms with Crippen LogP contribution in [0, 0.1) is 20.2 Å². The van der Waals surface area contributed by atoms with Gasteiger partial charge in [0.25, 0.3) is 5.75 Å². The first kappa shape index (κ1) is 19.6. The summed E-state index contributed by atoms with van der Waals surface area (Å²) in [7, 11) is -2.26. The molecule has 24 heavy (non-hydrogen) atoms. The highest BCUT2D eigenvalue weighted by molar-refractivity contribution is 7.51. The maximum absolute atomic E-state index is 10.8. The largest absolute Gasteiger partial charge is 0.497 e. The molecule has 132 valence electrons. The van der Waals surface area contributed by atoms with Gasteiger partial charge in [0.1, 0.15) is 11.9 Å². The number of nitro benzene ring substituents is 2. The minimum absolute atomic E-state index is 0.170. The molecule has 6 N–H and O–H groups in total. The van der Waals surface area contributed by atoms with Gasteiger partial charge in [0.05, 0.1) is 18.0 Å². The number of hydrogen-bond acceptors (Lipinski definition) is 9. The Labute approximate surface area is 135 Å². The number of hydrogen-bond donors (Lipinski definition) is 5. The highest BCUT2D eigenvalue weighted by atomic mass is 31.1. The van der Waals surface area contributed by atoms with Crippen molar-refractivity contribution in [1.82, 2.24) is 0 Å². The zero-order valence-electron chi connectivity index (χ0n) is 12.0. The Balaban J connectivity index is 3.09. The van der Waals surface area contributed by atoms with E-state index < -0.39 is 53.0 Å². The first-order valence-corrected chi connectivity index (χ1v) is 7.88. The molecule has 0 aromatic heterocycles. The van der Waals surface area contributed by atoms with Gasteiger partial charge in [0.2, 0.25) is 0 Å². The first-order chi connectivity index (χ1) is 11.1. The van der Waals surface area contributed by atoms with Crippen LogP contribution in [0.3, 0.4) is 0 Å². The molecule has 0 fully saturated rings. The summed E-state index contributed by atoms with van der Waals surface area (Å²) in [5, 5.41) is 49.8. The van der Waals surface area contributed by atoms with Crippen LogP contribution in [0.4, 0.5) is 11.4 Å². The predicted octanol–water partition coefficient (Wildman–Crippen LogP) is 0.391. The molecule has 1 rings (SSSR count). The van der Waals surface area contributed by atoms with Gasteiger partial charge in [-0.1, -0.05) is 0 Å². The summed E-state index contributed by atoms with van der Waals surface area (Å²) in [6.07, 6.45) is -0.372. The van der Waals surface area contributed by atoms with Crippen molar-refractivity contribution in [3.05, 3.63) is 37.9 Å². The van der Waals surface area contributed by atoms with Crippen LogP contribution in [-0.2, 0) is 4.79 Å². The molecule has 3 unspecified atom stereocenters. The molecule has 0 heterocycles. The number of carboxylic acids is 1. The molecule has 1 aromatic rings. The molecule has 1 aromatic carbocycles. The molecular weight excluding hydrogens is 349 g/mol. The van der Waals surface area contributed by atoms with Crippen molar-refractivity contribution in [3.8, 4) is 5.75 Å². The lowest BCUT2D eigenvalue weighted by molar-refractivity contribution is -0.396.